The molecule has 4 rings (SSSR count). The Labute approximate surface area is 185 Å². The molecule has 166 valence electrons. The minimum atomic E-state index is -0.491. The Bertz CT molecular complexity index is 1080. The lowest BCUT2D eigenvalue weighted by atomic mass is 9.97. The van der Waals surface area contributed by atoms with Gasteiger partial charge in [-0.1, -0.05) is 12.1 Å². The van der Waals surface area contributed by atoms with Gasteiger partial charge in [0.2, 0.25) is 5.91 Å². The van der Waals surface area contributed by atoms with Gasteiger partial charge in [0, 0.05) is 32.3 Å². The van der Waals surface area contributed by atoms with Gasteiger partial charge in [-0.3, -0.25) is 14.4 Å². The largest absolute Gasteiger partial charge is 0.396 e. The molecule has 1 fully saturated rings. The number of carbonyl (C=O) groups is 3. The van der Waals surface area contributed by atoms with Crippen LogP contribution in [-0.2, 0) is 14.4 Å². The number of aliphatic hydroxyl groups is 1. The number of imide groups is 1. The van der Waals surface area contributed by atoms with Crippen molar-refractivity contribution >= 4 is 34.7 Å². The molecule has 2 aromatic rings. The average Bonchev–Trinajstić information content (AvgIpc) is 3.04. The minimum Gasteiger partial charge on any atom is -0.396 e. The lowest BCUT2D eigenvalue weighted by molar-refractivity contribution is -0.121. The van der Waals surface area contributed by atoms with E-state index in [0.29, 0.717) is 30.0 Å². The molecule has 1 saturated heterocycles. The lowest BCUT2D eigenvalue weighted by Gasteiger charge is -2.34. The zero-order valence-corrected chi connectivity index (χ0v) is 17.7. The molecule has 2 aliphatic rings. The van der Waals surface area contributed by atoms with Gasteiger partial charge < -0.3 is 15.3 Å². The van der Waals surface area contributed by atoms with Crippen LogP contribution in [0.5, 0.6) is 0 Å². The molecule has 3 amide bonds. The van der Waals surface area contributed by atoms with Gasteiger partial charge in [0.25, 0.3) is 11.8 Å². The summed E-state index contributed by atoms with van der Waals surface area (Å²) in [5.41, 5.74) is 1.88. The van der Waals surface area contributed by atoms with E-state index >= 15 is 0 Å². The van der Waals surface area contributed by atoms with E-state index in [-0.39, 0.29) is 29.7 Å². The monoisotopic (exact) mass is 437 g/mol. The summed E-state index contributed by atoms with van der Waals surface area (Å²) >= 11 is 0. The Morgan fingerprint density at radius 1 is 1.09 bits per heavy atom. The Hall–Kier alpha value is -3.52. The van der Waals surface area contributed by atoms with E-state index < -0.39 is 17.6 Å². The smallest absolute Gasteiger partial charge is 0.282 e. The number of amides is 3. The molecule has 0 radical (unpaired) electrons. The van der Waals surface area contributed by atoms with Crippen molar-refractivity contribution in [1.29, 1.82) is 0 Å². The van der Waals surface area contributed by atoms with E-state index in [4.69, 9.17) is 0 Å². The van der Waals surface area contributed by atoms with Gasteiger partial charge in [-0.25, -0.2) is 9.29 Å². The molecule has 1 unspecified atom stereocenters. The predicted molar refractivity (Wildman–Crippen MR) is 118 cm³/mol. The first-order chi connectivity index (χ1) is 15.4. The van der Waals surface area contributed by atoms with Gasteiger partial charge in [-0.2, -0.15) is 0 Å². The fourth-order valence-electron chi connectivity index (χ4n) is 4.24. The van der Waals surface area contributed by atoms with Crippen molar-refractivity contribution in [1.82, 2.24) is 4.90 Å². The number of hydrogen-bond acceptors (Lipinski definition) is 5. The number of piperidine rings is 1. The summed E-state index contributed by atoms with van der Waals surface area (Å²) in [4.78, 5) is 41.2. The maximum atomic E-state index is 13.5. The van der Waals surface area contributed by atoms with Crippen molar-refractivity contribution in [2.75, 3.05) is 29.9 Å². The number of nitrogens with zero attached hydrogens (tertiary/aromatic N) is 2. The van der Waals surface area contributed by atoms with Crippen molar-refractivity contribution in [3.63, 3.8) is 0 Å². The van der Waals surface area contributed by atoms with E-state index in [0.717, 1.165) is 17.7 Å². The standard InChI is InChI=1S/C24H24FN3O4/c1-15(30)26-19-8-10-20(11-9-19)28-23(31)21(17-4-6-18(25)7-5-17)22(24(28)32)27-12-2-3-16(13-27)14-29/h4-11,16,29H,2-3,12-14H2,1H3,(H,26,30). The number of carbonyl (C=O) groups excluding carboxylic acids is 3. The summed E-state index contributed by atoms with van der Waals surface area (Å²) < 4.78 is 13.5. The third kappa shape index (κ3) is 4.13. The highest BCUT2D eigenvalue weighted by molar-refractivity contribution is 6.45. The van der Waals surface area contributed by atoms with Crippen molar-refractivity contribution < 1.29 is 23.9 Å². The van der Waals surface area contributed by atoms with Crippen LogP contribution in [0.3, 0.4) is 0 Å². The highest BCUT2D eigenvalue weighted by Gasteiger charge is 2.43. The molecule has 2 aromatic carbocycles. The molecular formula is C24H24FN3O4. The maximum Gasteiger partial charge on any atom is 0.282 e. The molecule has 1 atom stereocenters. The van der Waals surface area contributed by atoms with Crippen LogP contribution in [0.2, 0.25) is 0 Å². The topological polar surface area (TPSA) is 90.0 Å². The number of anilines is 2. The predicted octanol–water partition coefficient (Wildman–Crippen LogP) is 2.77. The molecule has 32 heavy (non-hydrogen) atoms. The van der Waals surface area contributed by atoms with Gasteiger partial charge in [-0.15, -0.1) is 0 Å². The SMILES string of the molecule is CC(=O)Nc1ccc(N2C(=O)C(c3ccc(F)cc3)=C(N3CCCC(CO)C3)C2=O)cc1. The first-order valence-corrected chi connectivity index (χ1v) is 10.5. The van der Waals surface area contributed by atoms with E-state index in [9.17, 15) is 23.9 Å². The summed E-state index contributed by atoms with van der Waals surface area (Å²) in [5, 5.41) is 12.3. The second-order valence-electron chi connectivity index (χ2n) is 8.04. The maximum absolute atomic E-state index is 13.5. The first-order valence-electron chi connectivity index (χ1n) is 10.5. The Morgan fingerprint density at radius 3 is 2.41 bits per heavy atom. The van der Waals surface area contributed by atoms with E-state index in [1.54, 1.807) is 24.3 Å². The van der Waals surface area contributed by atoms with Crippen LogP contribution in [0.15, 0.2) is 54.2 Å². The normalized spacial score (nSPS) is 19.0. The molecule has 0 aromatic heterocycles. The molecule has 2 heterocycles. The summed E-state index contributed by atoms with van der Waals surface area (Å²) in [5.74, 6) is -1.59. The number of benzene rings is 2. The number of halogens is 1. The Morgan fingerprint density at radius 2 is 1.78 bits per heavy atom. The lowest BCUT2D eigenvalue weighted by Crippen LogP contribution is -2.40. The van der Waals surface area contributed by atoms with E-state index in [2.05, 4.69) is 5.32 Å². The molecule has 7 nitrogen and oxygen atoms in total. The van der Waals surface area contributed by atoms with Gasteiger partial charge in [-0.05, 0) is 60.7 Å². The van der Waals surface area contributed by atoms with Crippen LogP contribution < -0.4 is 10.2 Å². The van der Waals surface area contributed by atoms with Crippen LogP contribution in [-0.4, -0.2) is 47.4 Å². The molecule has 0 spiro atoms. The van der Waals surface area contributed by atoms with E-state index in [1.807, 2.05) is 4.90 Å². The summed E-state index contributed by atoms with van der Waals surface area (Å²) in [6.45, 7) is 2.45. The number of nitrogens with one attached hydrogen (secondary N) is 1. The van der Waals surface area contributed by atoms with Gasteiger partial charge in [0.15, 0.2) is 0 Å². The molecule has 0 aliphatic carbocycles. The van der Waals surface area contributed by atoms with Crippen LogP contribution in [0, 0.1) is 11.7 Å². The van der Waals surface area contributed by atoms with Crippen LogP contribution in [0.1, 0.15) is 25.3 Å². The molecule has 0 saturated carbocycles. The van der Waals surface area contributed by atoms with E-state index in [1.165, 1.54) is 31.2 Å². The number of aliphatic hydroxyl groups excluding tert-OH is 1. The second-order valence-corrected chi connectivity index (χ2v) is 8.04. The van der Waals surface area contributed by atoms with Crippen molar-refractivity contribution in [3.05, 3.63) is 65.6 Å². The zero-order valence-electron chi connectivity index (χ0n) is 17.7. The number of rotatable bonds is 5. The molecule has 2 N–H and O–H groups in total. The van der Waals surface area contributed by atoms with Crippen molar-refractivity contribution in [3.8, 4) is 0 Å². The first kappa shape index (κ1) is 21.7. The second kappa shape index (κ2) is 8.92. The number of likely N-dealkylation sites (tertiary alicyclic amines) is 1. The average molecular weight is 437 g/mol. The molecule has 0 bridgehead atoms. The molecule has 8 heteroatoms. The third-order valence-electron chi connectivity index (χ3n) is 5.73. The van der Waals surface area contributed by atoms with Crippen LogP contribution in [0.25, 0.3) is 5.57 Å². The zero-order chi connectivity index (χ0) is 22.8. The quantitative estimate of drug-likeness (QED) is 0.702. The number of hydrogen-bond donors (Lipinski definition) is 2. The van der Waals surface area contributed by atoms with Gasteiger partial charge in [0.1, 0.15) is 11.5 Å². The summed E-state index contributed by atoms with van der Waals surface area (Å²) in [6, 6.07) is 11.9. The third-order valence-corrected chi connectivity index (χ3v) is 5.73. The fraction of sp³-hybridized carbons (Fsp3) is 0.292. The Kier molecular flexibility index (Phi) is 6.05. The summed E-state index contributed by atoms with van der Waals surface area (Å²) in [6.07, 6.45) is 1.64. The highest BCUT2D eigenvalue weighted by Crippen LogP contribution is 2.36. The minimum absolute atomic E-state index is 0.00608. The Balaban J connectivity index is 1.74. The van der Waals surface area contributed by atoms with Gasteiger partial charge >= 0.3 is 0 Å². The van der Waals surface area contributed by atoms with Crippen LogP contribution >= 0.6 is 0 Å². The van der Waals surface area contributed by atoms with Gasteiger partial charge in [0.05, 0.1) is 11.3 Å². The van der Waals surface area contributed by atoms with Crippen molar-refractivity contribution in [2.45, 2.75) is 19.8 Å². The summed E-state index contributed by atoms with van der Waals surface area (Å²) in [7, 11) is 0. The van der Waals surface area contributed by atoms with Crippen LogP contribution in [0.4, 0.5) is 15.8 Å². The van der Waals surface area contributed by atoms with Crippen molar-refractivity contribution in [2.24, 2.45) is 5.92 Å². The highest BCUT2D eigenvalue weighted by atomic mass is 19.1. The molecule has 2 aliphatic heterocycles. The molecular weight excluding hydrogens is 413 g/mol. The fourth-order valence-corrected chi connectivity index (χ4v) is 4.24.